The van der Waals surface area contributed by atoms with E-state index < -0.39 is 17.6 Å². The van der Waals surface area contributed by atoms with Gasteiger partial charge in [-0.25, -0.2) is 0 Å². The fourth-order valence-electron chi connectivity index (χ4n) is 1.18. The maximum Gasteiger partial charge on any atom is 0.320 e. The quantitative estimate of drug-likeness (QED) is 0.663. The largest absolute Gasteiger partial charge is 0.480 e. The topological polar surface area (TPSA) is 60.8 Å². The minimum Gasteiger partial charge on any atom is -0.480 e. The van der Waals surface area contributed by atoms with Gasteiger partial charge in [0.15, 0.2) is 0 Å². The fourth-order valence-corrected chi connectivity index (χ4v) is 1.18. The summed E-state index contributed by atoms with van der Waals surface area (Å²) < 4.78 is 0. The molecule has 0 rings (SSSR count). The van der Waals surface area contributed by atoms with Crippen molar-refractivity contribution in [2.75, 3.05) is 13.1 Å². The van der Waals surface area contributed by atoms with E-state index in [0.717, 1.165) is 0 Å². The molecule has 0 heterocycles. The second-order valence-corrected chi connectivity index (χ2v) is 3.89. The van der Waals surface area contributed by atoms with Crippen LogP contribution in [0, 0.1) is 0 Å². The first-order valence-electron chi connectivity index (χ1n) is 4.47. The molecule has 0 radical (unpaired) electrons. The van der Waals surface area contributed by atoms with E-state index >= 15 is 0 Å². The van der Waals surface area contributed by atoms with E-state index in [1.54, 1.807) is 25.7 Å². The number of likely N-dealkylation sites (N-methyl/N-ethyl adjacent to an activating group) is 1. The van der Waals surface area contributed by atoms with Gasteiger partial charge in [0.25, 0.3) is 0 Å². The Bertz CT molecular complexity index is 174. The number of hydrogen-bond acceptors (Lipinski definition) is 3. The molecule has 13 heavy (non-hydrogen) atoms. The Morgan fingerprint density at radius 3 is 2.23 bits per heavy atom. The Morgan fingerprint density at radius 2 is 2.00 bits per heavy atom. The van der Waals surface area contributed by atoms with E-state index in [0.29, 0.717) is 13.1 Å². The van der Waals surface area contributed by atoms with Crippen LogP contribution in [-0.2, 0) is 4.79 Å². The Balaban J connectivity index is 4.26. The highest BCUT2D eigenvalue weighted by atomic mass is 16.4. The van der Waals surface area contributed by atoms with Gasteiger partial charge < -0.3 is 10.2 Å². The summed E-state index contributed by atoms with van der Waals surface area (Å²) in [6, 6.07) is -0.545. The first kappa shape index (κ1) is 12.4. The highest BCUT2D eigenvalue weighted by molar-refractivity contribution is 5.72. The standard InChI is InChI=1S/C9H19NO3/c1-5-10(6-9(3,4)13)7(2)8(11)12/h7,13H,5-6H2,1-4H3,(H,11,12). The number of aliphatic hydroxyl groups is 1. The number of rotatable bonds is 5. The first-order chi connectivity index (χ1) is 5.78. The molecule has 0 aromatic heterocycles. The molecule has 0 aliphatic carbocycles. The molecule has 78 valence electrons. The molecule has 4 heteroatoms. The SMILES string of the molecule is CCN(CC(C)(C)O)C(C)C(=O)O. The highest BCUT2D eigenvalue weighted by Gasteiger charge is 2.24. The number of hydrogen-bond donors (Lipinski definition) is 2. The van der Waals surface area contributed by atoms with E-state index in [1.807, 2.05) is 6.92 Å². The van der Waals surface area contributed by atoms with Crippen LogP contribution in [0.15, 0.2) is 0 Å². The van der Waals surface area contributed by atoms with Crippen LogP contribution in [-0.4, -0.2) is 45.8 Å². The van der Waals surface area contributed by atoms with Gasteiger partial charge in [0.05, 0.1) is 5.60 Å². The average Bonchev–Trinajstić information content (AvgIpc) is 1.97. The summed E-state index contributed by atoms with van der Waals surface area (Å²) in [7, 11) is 0. The molecule has 0 amide bonds. The van der Waals surface area contributed by atoms with Crippen molar-refractivity contribution in [1.29, 1.82) is 0 Å². The van der Waals surface area contributed by atoms with Gasteiger partial charge in [-0.2, -0.15) is 0 Å². The lowest BCUT2D eigenvalue weighted by Crippen LogP contribution is -2.46. The van der Waals surface area contributed by atoms with E-state index in [-0.39, 0.29) is 0 Å². The lowest BCUT2D eigenvalue weighted by atomic mass is 10.1. The number of carboxylic acid groups (broad SMARTS) is 1. The van der Waals surface area contributed by atoms with Crippen LogP contribution in [0.25, 0.3) is 0 Å². The highest BCUT2D eigenvalue weighted by Crippen LogP contribution is 2.08. The monoisotopic (exact) mass is 189 g/mol. The zero-order valence-corrected chi connectivity index (χ0v) is 8.74. The zero-order valence-electron chi connectivity index (χ0n) is 8.74. The van der Waals surface area contributed by atoms with Crippen LogP contribution in [0.2, 0.25) is 0 Å². The molecule has 0 aromatic rings. The zero-order chi connectivity index (χ0) is 10.6. The van der Waals surface area contributed by atoms with Gasteiger partial charge in [-0.05, 0) is 27.3 Å². The van der Waals surface area contributed by atoms with E-state index in [4.69, 9.17) is 5.11 Å². The summed E-state index contributed by atoms with van der Waals surface area (Å²) in [5.74, 6) is -0.855. The number of aliphatic carboxylic acids is 1. The van der Waals surface area contributed by atoms with Crippen molar-refractivity contribution in [2.45, 2.75) is 39.3 Å². The molecule has 4 nitrogen and oxygen atoms in total. The summed E-state index contributed by atoms with van der Waals surface area (Å²) in [6.07, 6.45) is 0. The average molecular weight is 189 g/mol. The minimum atomic E-state index is -0.855. The molecule has 0 aliphatic heterocycles. The van der Waals surface area contributed by atoms with E-state index in [9.17, 15) is 9.90 Å². The molecule has 0 saturated carbocycles. The van der Waals surface area contributed by atoms with Crippen LogP contribution >= 0.6 is 0 Å². The van der Waals surface area contributed by atoms with Crippen LogP contribution < -0.4 is 0 Å². The van der Waals surface area contributed by atoms with Crippen molar-refractivity contribution in [1.82, 2.24) is 4.90 Å². The van der Waals surface area contributed by atoms with Gasteiger partial charge in [0, 0.05) is 6.54 Å². The van der Waals surface area contributed by atoms with Gasteiger partial charge in [-0.15, -0.1) is 0 Å². The normalized spacial score (nSPS) is 14.6. The van der Waals surface area contributed by atoms with Crippen LogP contribution in [0.3, 0.4) is 0 Å². The Kier molecular flexibility index (Phi) is 4.36. The Hall–Kier alpha value is -0.610. The molecule has 1 atom stereocenters. The third-order valence-electron chi connectivity index (χ3n) is 1.90. The Morgan fingerprint density at radius 1 is 1.54 bits per heavy atom. The second-order valence-electron chi connectivity index (χ2n) is 3.89. The van der Waals surface area contributed by atoms with Crippen molar-refractivity contribution in [3.8, 4) is 0 Å². The number of carboxylic acids is 1. The Labute approximate surface area is 79.2 Å². The lowest BCUT2D eigenvalue weighted by Gasteiger charge is -2.30. The summed E-state index contributed by atoms with van der Waals surface area (Å²) in [5.41, 5.74) is -0.848. The number of carbonyl (C=O) groups is 1. The molecule has 0 fully saturated rings. The summed E-state index contributed by atoms with van der Waals surface area (Å²) in [5, 5.41) is 18.3. The van der Waals surface area contributed by atoms with E-state index in [1.165, 1.54) is 0 Å². The van der Waals surface area contributed by atoms with Crippen LogP contribution in [0.4, 0.5) is 0 Å². The first-order valence-corrected chi connectivity index (χ1v) is 4.47. The molecule has 0 bridgehead atoms. The lowest BCUT2D eigenvalue weighted by molar-refractivity contribution is -0.143. The van der Waals surface area contributed by atoms with Crippen molar-refractivity contribution in [2.24, 2.45) is 0 Å². The predicted octanol–water partition coefficient (Wildman–Crippen LogP) is 0.552. The van der Waals surface area contributed by atoms with Gasteiger partial charge in [0.1, 0.15) is 6.04 Å². The fraction of sp³-hybridized carbons (Fsp3) is 0.889. The minimum absolute atomic E-state index is 0.372. The molecule has 0 saturated heterocycles. The van der Waals surface area contributed by atoms with Gasteiger partial charge in [-0.3, -0.25) is 9.69 Å². The third kappa shape index (κ3) is 4.85. The molecule has 2 N–H and O–H groups in total. The maximum absolute atomic E-state index is 10.7. The summed E-state index contributed by atoms with van der Waals surface area (Å²) >= 11 is 0. The summed E-state index contributed by atoms with van der Waals surface area (Å²) in [4.78, 5) is 12.4. The van der Waals surface area contributed by atoms with Crippen molar-refractivity contribution >= 4 is 5.97 Å². The number of nitrogens with zero attached hydrogens (tertiary/aromatic N) is 1. The van der Waals surface area contributed by atoms with E-state index in [2.05, 4.69) is 0 Å². The molecule has 0 aromatic carbocycles. The van der Waals surface area contributed by atoms with Gasteiger partial charge in [-0.1, -0.05) is 6.92 Å². The second kappa shape index (κ2) is 4.58. The molecule has 0 aliphatic rings. The molecular weight excluding hydrogens is 170 g/mol. The van der Waals surface area contributed by atoms with Crippen molar-refractivity contribution in [3.05, 3.63) is 0 Å². The van der Waals surface area contributed by atoms with Gasteiger partial charge >= 0.3 is 5.97 Å². The molecule has 1 unspecified atom stereocenters. The van der Waals surface area contributed by atoms with Gasteiger partial charge in [0.2, 0.25) is 0 Å². The maximum atomic E-state index is 10.7. The van der Waals surface area contributed by atoms with Crippen LogP contribution in [0.1, 0.15) is 27.7 Å². The molecular formula is C9H19NO3. The predicted molar refractivity (Wildman–Crippen MR) is 50.6 cm³/mol. The summed E-state index contributed by atoms with van der Waals surface area (Å²) in [6.45, 7) is 7.84. The smallest absolute Gasteiger partial charge is 0.320 e. The molecule has 0 spiro atoms. The van der Waals surface area contributed by atoms with Crippen molar-refractivity contribution < 1.29 is 15.0 Å². The van der Waals surface area contributed by atoms with Crippen LogP contribution in [0.5, 0.6) is 0 Å². The van der Waals surface area contributed by atoms with Crippen molar-refractivity contribution in [3.63, 3.8) is 0 Å². The third-order valence-corrected chi connectivity index (χ3v) is 1.90.